The van der Waals surface area contributed by atoms with Crippen molar-refractivity contribution in [3.8, 4) is 5.88 Å². The molecule has 1 aliphatic carbocycles. The lowest BCUT2D eigenvalue weighted by atomic mass is 9.90. The number of hydrogen-bond donors (Lipinski definition) is 0. The van der Waals surface area contributed by atoms with E-state index < -0.39 is 0 Å². The summed E-state index contributed by atoms with van der Waals surface area (Å²) in [5.41, 5.74) is 0.841. The second-order valence-corrected chi connectivity index (χ2v) is 5.16. The average molecular weight is 255 g/mol. The van der Waals surface area contributed by atoms with Crippen LogP contribution in [0.2, 0.25) is 5.15 Å². The highest BCUT2D eigenvalue weighted by atomic mass is 35.5. The van der Waals surface area contributed by atoms with Gasteiger partial charge in [0.15, 0.2) is 0 Å². The molecule has 2 rings (SSSR count). The van der Waals surface area contributed by atoms with Crippen LogP contribution in [-0.4, -0.2) is 16.6 Å². The maximum atomic E-state index is 6.01. The van der Waals surface area contributed by atoms with E-state index in [2.05, 4.69) is 9.97 Å². The molecule has 0 spiro atoms. The van der Waals surface area contributed by atoms with Gasteiger partial charge in [0, 0.05) is 5.56 Å². The predicted octanol–water partition coefficient (Wildman–Crippen LogP) is 3.71. The number of aryl methyl sites for hydroxylation is 1. The van der Waals surface area contributed by atoms with Gasteiger partial charge >= 0.3 is 0 Å². The molecule has 0 N–H and O–H groups in total. The van der Waals surface area contributed by atoms with Crippen LogP contribution < -0.4 is 4.74 Å². The molecule has 1 fully saturated rings. The van der Waals surface area contributed by atoms with Gasteiger partial charge in [-0.3, -0.25) is 0 Å². The summed E-state index contributed by atoms with van der Waals surface area (Å²) in [4.78, 5) is 8.40. The first-order valence-electron chi connectivity index (χ1n) is 6.30. The normalized spacial score (nSPS) is 17.1. The Kier molecular flexibility index (Phi) is 4.21. The first-order chi connectivity index (χ1) is 8.16. The number of hydrogen-bond acceptors (Lipinski definition) is 3. The molecule has 94 valence electrons. The highest BCUT2D eigenvalue weighted by Crippen LogP contribution is 2.26. The van der Waals surface area contributed by atoms with Gasteiger partial charge in [-0.05, 0) is 32.6 Å². The van der Waals surface area contributed by atoms with Crippen molar-refractivity contribution in [2.24, 2.45) is 5.92 Å². The zero-order valence-electron chi connectivity index (χ0n) is 10.5. The van der Waals surface area contributed by atoms with Crippen LogP contribution >= 0.6 is 11.6 Å². The fourth-order valence-corrected chi connectivity index (χ4v) is 2.46. The summed E-state index contributed by atoms with van der Waals surface area (Å²) >= 11 is 6.01. The minimum Gasteiger partial charge on any atom is -0.477 e. The molecule has 1 aromatic heterocycles. The molecule has 1 saturated carbocycles. The topological polar surface area (TPSA) is 35.0 Å². The summed E-state index contributed by atoms with van der Waals surface area (Å²) in [6.45, 7) is 4.49. The molecular weight excluding hydrogens is 236 g/mol. The maximum absolute atomic E-state index is 6.01. The second kappa shape index (κ2) is 5.67. The highest BCUT2D eigenvalue weighted by molar-refractivity contribution is 6.30. The van der Waals surface area contributed by atoms with Gasteiger partial charge in [-0.25, -0.2) is 4.98 Å². The number of nitrogens with zero attached hydrogens (tertiary/aromatic N) is 2. The summed E-state index contributed by atoms with van der Waals surface area (Å²) in [6, 6.07) is 0. The van der Waals surface area contributed by atoms with E-state index in [4.69, 9.17) is 16.3 Å². The Balaban J connectivity index is 1.98. The quantitative estimate of drug-likeness (QED) is 0.772. The lowest BCUT2D eigenvalue weighted by Crippen LogP contribution is -2.16. The van der Waals surface area contributed by atoms with Gasteiger partial charge in [-0.1, -0.05) is 30.9 Å². The van der Waals surface area contributed by atoms with Crippen molar-refractivity contribution in [1.82, 2.24) is 9.97 Å². The molecule has 0 aromatic carbocycles. The fourth-order valence-electron chi connectivity index (χ4n) is 2.26. The van der Waals surface area contributed by atoms with Gasteiger partial charge in [-0.15, -0.1) is 0 Å². The van der Waals surface area contributed by atoms with Gasteiger partial charge in [0.25, 0.3) is 0 Å². The van der Waals surface area contributed by atoms with Crippen LogP contribution in [0.5, 0.6) is 5.88 Å². The van der Waals surface area contributed by atoms with Gasteiger partial charge in [0.2, 0.25) is 5.88 Å². The van der Waals surface area contributed by atoms with Crippen molar-refractivity contribution in [2.75, 3.05) is 6.61 Å². The Hall–Kier alpha value is -0.830. The second-order valence-electron chi connectivity index (χ2n) is 4.81. The lowest BCUT2D eigenvalue weighted by Gasteiger charge is -2.21. The number of halogens is 1. The minimum absolute atomic E-state index is 0.496. The minimum atomic E-state index is 0.496. The van der Waals surface area contributed by atoms with E-state index in [9.17, 15) is 0 Å². The third kappa shape index (κ3) is 3.32. The molecule has 0 atom stereocenters. The van der Waals surface area contributed by atoms with Crippen LogP contribution in [0, 0.1) is 19.8 Å². The fraction of sp³-hybridized carbons (Fsp3) is 0.692. The Morgan fingerprint density at radius 1 is 1.18 bits per heavy atom. The van der Waals surface area contributed by atoms with E-state index >= 15 is 0 Å². The van der Waals surface area contributed by atoms with Crippen molar-refractivity contribution in [1.29, 1.82) is 0 Å². The van der Waals surface area contributed by atoms with E-state index in [0.717, 1.165) is 12.2 Å². The van der Waals surface area contributed by atoms with Crippen molar-refractivity contribution >= 4 is 11.6 Å². The first kappa shape index (κ1) is 12.6. The molecular formula is C13H19ClN2O. The standard InChI is InChI=1S/C13H19ClN2O/c1-9-12(14)15-10(2)16-13(9)17-8-11-6-4-3-5-7-11/h11H,3-8H2,1-2H3. The molecule has 4 heteroatoms. The zero-order valence-corrected chi connectivity index (χ0v) is 11.3. The molecule has 1 heterocycles. The van der Waals surface area contributed by atoms with Crippen LogP contribution in [-0.2, 0) is 0 Å². The molecule has 0 aliphatic heterocycles. The molecule has 0 unspecified atom stereocenters. The van der Waals surface area contributed by atoms with E-state index in [-0.39, 0.29) is 0 Å². The van der Waals surface area contributed by atoms with Gasteiger partial charge in [0.1, 0.15) is 11.0 Å². The van der Waals surface area contributed by atoms with E-state index in [1.165, 1.54) is 32.1 Å². The van der Waals surface area contributed by atoms with Gasteiger partial charge in [-0.2, -0.15) is 4.98 Å². The van der Waals surface area contributed by atoms with E-state index in [1.54, 1.807) is 0 Å². The zero-order chi connectivity index (χ0) is 12.3. The summed E-state index contributed by atoms with van der Waals surface area (Å²) in [5, 5.41) is 0.496. The summed E-state index contributed by atoms with van der Waals surface area (Å²) in [5.74, 6) is 1.99. The Morgan fingerprint density at radius 2 is 1.88 bits per heavy atom. The predicted molar refractivity (Wildman–Crippen MR) is 68.6 cm³/mol. The van der Waals surface area contributed by atoms with Crippen molar-refractivity contribution < 1.29 is 4.74 Å². The molecule has 0 amide bonds. The first-order valence-corrected chi connectivity index (χ1v) is 6.68. The largest absolute Gasteiger partial charge is 0.477 e. The van der Waals surface area contributed by atoms with Gasteiger partial charge < -0.3 is 4.74 Å². The van der Waals surface area contributed by atoms with Gasteiger partial charge in [0.05, 0.1) is 6.61 Å². The molecule has 0 bridgehead atoms. The molecule has 0 saturated heterocycles. The SMILES string of the molecule is Cc1nc(Cl)c(C)c(OCC2CCCCC2)n1. The Bertz CT molecular complexity index is 389. The molecule has 0 radical (unpaired) electrons. The molecule has 1 aliphatic rings. The van der Waals surface area contributed by atoms with Crippen molar-refractivity contribution in [2.45, 2.75) is 46.0 Å². The van der Waals surface area contributed by atoms with E-state index in [1.807, 2.05) is 13.8 Å². The molecule has 17 heavy (non-hydrogen) atoms. The lowest BCUT2D eigenvalue weighted by molar-refractivity contribution is 0.201. The van der Waals surface area contributed by atoms with E-state index in [0.29, 0.717) is 22.8 Å². The van der Waals surface area contributed by atoms with Crippen LogP contribution in [0.15, 0.2) is 0 Å². The Labute approximate surface area is 108 Å². The Morgan fingerprint density at radius 3 is 2.59 bits per heavy atom. The number of ether oxygens (including phenoxy) is 1. The third-order valence-electron chi connectivity index (χ3n) is 3.33. The molecule has 1 aromatic rings. The number of aromatic nitrogens is 2. The summed E-state index contributed by atoms with van der Waals surface area (Å²) in [6.07, 6.45) is 6.58. The van der Waals surface area contributed by atoms with Crippen LogP contribution in [0.3, 0.4) is 0 Å². The van der Waals surface area contributed by atoms with Crippen LogP contribution in [0.1, 0.15) is 43.5 Å². The van der Waals surface area contributed by atoms with Crippen molar-refractivity contribution in [3.63, 3.8) is 0 Å². The maximum Gasteiger partial charge on any atom is 0.221 e. The summed E-state index contributed by atoms with van der Waals surface area (Å²) in [7, 11) is 0. The molecule has 3 nitrogen and oxygen atoms in total. The smallest absolute Gasteiger partial charge is 0.221 e. The third-order valence-corrected chi connectivity index (χ3v) is 3.70. The van der Waals surface area contributed by atoms with Crippen molar-refractivity contribution in [3.05, 3.63) is 16.5 Å². The highest BCUT2D eigenvalue weighted by Gasteiger charge is 2.16. The van der Waals surface area contributed by atoms with Crippen LogP contribution in [0.4, 0.5) is 0 Å². The summed E-state index contributed by atoms with van der Waals surface area (Å²) < 4.78 is 5.80. The number of rotatable bonds is 3. The average Bonchev–Trinajstić information content (AvgIpc) is 2.33. The monoisotopic (exact) mass is 254 g/mol. The van der Waals surface area contributed by atoms with Crippen LogP contribution in [0.25, 0.3) is 0 Å².